The van der Waals surface area contributed by atoms with Crippen molar-refractivity contribution in [3.63, 3.8) is 0 Å². The number of amides is 1. The van der Waals surface area contributed by atoms with E-state index in [4.69, 9.17) is 5.73 Å². The molecule has 3 rings (SSSR count). The van der Waals surface area contributed by atoms with E-state index in [1.54, 1.807) is 0 Å². The topological polar surface area (TPSA) is 80.5 Å². The summed E-state index contributed by atoms with van der Waals surface area (Å²) >= 11 is 0. The second-order valence-electron chi connectivity index (χ2n) is 9.38. The first-order chi connectivity index (χ1) is 14.6. The minimum Gasteiger partial charge on any atom is -0.330 e. The number of Topliss-reactive ketones (excluding diaryl/α,β-unsaturated/α-hetero) is 2. The lowest BCUT2D eigenvalue weighted by Gasteiger charge is -2.29. The van der Waals surface area contributed by atoms with Crippen molar-refractivity contribution in [2.24, 2.45) is 29.4 Å². The van der Waals surface area contributed by atoms with Gasteiger partial charge in [-0.1, -0.05) is 53.7 Å². The van der Waals surface area contributed by atoms with E-state index in [9.17, 15) is 14.4 Å². The fraction of sp³-hybridized carbons (Fsp3) is 0.870. The van der Waals surface area contributed by atoms with Crippen LogP contribution in [0.1, 0.15) is 70.6 Å². The lowest BCUT2D eigenvalue weighted by atomic mass is 9.85. The molecule has 0 aromatic carbocycles. The van der Waals surface area contributed by atoms with Crippen LogP contribution in [0, 0.1) is 23.7 Å². The van der Waals surface area contributed by atoms with Crippen LogP contribution >= 0.6 is 21.6 Å². The predicted octanol–water partition coefficient (Wildman–Crippen LogP) is 4.09. The van der Waals surface area contributed by atoms with Gasteiger partial charge in [0.2, 0.25) is 5.91 Å². The van der Waals surface area contributed by atoms with Crippen LogP contribution in [-0.4, -0.2) is 53.5 Å². The van der Waals surface area contributed by atoms with Crippen LogP contribution in [0.4, 0.5) is 0 Å². The van der Waals surface area contributed by atoms with Gasteiger partial charge in [-0.2, -0.15) is 0 Å². The fourth-order valence-electron chi connectivity index (χ4n) is 5.33. The van der Waals surface area contributed by atoms with Gasteiger partial charge >= 0.3 is 0 Å². The van der Waals surface area contributed by atoms with Crippen molar-refractivity contribution < 1.29 is 14.4 Å². The molecule has 2 aliphatic carbocycles. The zero-order chi connectivity index (χ0) is 21.3. The molecule has 170 valence electrons. The van der Waals surface area contributed by atoms with E-state index in [0.29, 0.717) is 11.8 Å². The largest absolute Gasteiger partial charge is 0.330 e. The van der Waals surface area contributed by atoms with Crippen LogP contribution in [0.15, 0.2) is 0 Å². The van der Waals surface area contributed by atoms with E-state index in [2.05, 4.69) is 0 Å². The standard InChI is InChI=1S/C23H38N2O3S2/c24-11-10-23(28)25-13-21(26)18-7-5-4-6-17(12-18)15-29-30-16-19-8-2-1-3-9-20(19)22(27)14-25/h17-20H,1-16,24H2. The molecule has 3 fully saturated rings. The SMILES string of the molecule is NCCC(=O)N1CC(=O)C2CCCCC(CSSCC3CCCCCC3C(=O)C1)C2. The summed E-state index contributed by atoms with van der Waals surface area (Å²) in [5, 5.41) is 0. The summed E-state index contributed by atoms with van der Waals surface area (Å²) in [7, 11) is 3.88. The van der Waals surface area contributed by atoms with Crippen molar-refractivity contribution in [3.05, 3.63) is 0 Å². The van der Waals surface area contributed by atoms with Gasteiger partial charge in [0.1, 0.15) is 0 Å². The van der Waals surface area contributed by atoms with E-state index in [-0.39, 0.29) is 55.4 Å². The summed E-state index contributed by atoms with van der Waals surface area (Å²) in [6.45, 7) is 0.421. The molecule has 1 heterocycles. The number of hydrogen-bond acceptors (Lipinski definition) is 6. The molecule has 0 aromatic rings. The Balaban J connectivity index is 1.81. The molecular formula is C23H38N2O3S2. The fourth-order valence-corrected chi connectivity index (χ4v) is 8.27. The van der Waals surface area contributed by atoms with Gasteiger partial charge < -0.3 is 10.6 Å². The highest BCUT2D eigenvalue weighted by atomic mass is 33.1. The van der Waals surface area contributed by atoms with Crippen molar-refractivity contribution in [1.29, 1.82) is 0 Å². The smallest absolute Gasteiger partial charge is 0.224 e. The molecule has 1 amide bonds. The Morgan fingerprint density at radius 1 is 0.900 bits per heavy atom. The second kappa shape index (κ2) is 12.5. The number of carbonyl (C=O) groups is 3. The van der Waals surface area contributed by atoms with Gasteiger partial charge in [0, 0.05) is 36.3 Å². The summed E-state index contributed by atoms with van der Waals surface area (Å²) in [6, 6.07) is 0. The zero-order valence-corrected chi connectivity index (χ0v) is 19.8. The van der Waals surface area contributed by atoms with Crippen molar-refractivity contribution >= 4 is 39.1 Å². The van der Waals surface area contributed by atoms with E-state index in [1.807, 2.05) is 21.6 Å². The Hall–Kier alpha value is -0.530. The summed E-state index contributed by atoms with van der Waals surface area (Å²) in [4.78, 5) is 40.7. The average molecular weight is 455 g/mol. The monoisotopic (exact) mass is 454 g/mol. The van der Waals surface area contributed by atoms with Crippen molar-refractivity contribution in [3.8, 4) is 0 Å². The van der Waals surface area contributed by atoms with Gasteiger partial charge in [-0.3, -0.25) is 14.4 Å². The predicted molar refractivity (Wildman–Crippen MR) is 125 cm³/mol. The Morgan fingerprint density at radius 3 is 2.43 bits per heavy atom. The maximum absolute atomic E-state index is 13.3. The molecule has 2 bridgehead atoms. The Bertz CT molecular complexity index is 601. The molecule has 5 nitrogen and oxygen atoms in total. The Kier molecular flexibility index (Phi) is 10.0. The minimum atomic E-state index is -0.147. The number of carbonyl (C=O) groups excluding carboxylic acids is 3. The van der Waals surface area contributed by atoms with Crippen LogP contribution in [-0.2, 0) is 14.4 Å². The summed E-state index contributed by atoms with van der Waals surface area (Å²) in [5.41, 5.74) is 5.62. The summed E-state index contributed by atoms with van der Waals surface area (Å²) < 4.78 is 0. The van der Waals surface area contributed by atoms with Gasteiger partial charge in [-0.15, -0.1) is 0 Å². The molecule has 3 aliphatic rings. The number of nitrogens with zero attached hydrogens (tertiary/aromatic N) is 1. The number of nitrogens with two attached hydrogens (primary N) is 1. The van der Waals surface area contributed by atoms with Gasteiger partial charge in [-0.05, 0) is 43.9 Å². The normalized spacial score (nSPS) is 32.5. The maximum Gasteiger partial charge on any atom is 0.224 e. The van der Waals surface area contributed by atoms with Crippen molar-refractivity contribution in [2.45, 2.75) is 70.6 Å². The third-order valence-electron chi connectivity index (χ3n) is 7.13. The summed E-state index contributed by atoms with van der Waals surface area (Å²) in [5.74, 6) is 3.29. The first-order valence-electron chi connectivity index (χ1n) is 11.9. The van der Waals surface area contributed by atoms with Crippen LogP contribution in [0.5, 0.6) is 0 Å². The maximum atomic E-state index is 13.3. The molecule has 0 aromatic heterocycles. The van der Waals surface area contributed by atoms with Crippen LogP contribution in [0.3, 0.4) is 0 Å². The molecule has 30 heavy (non-hydrogen) atoms. The number of fused-ring (bicyclic) bond motifs is 3. The molecule has 0 radical (unpaired) electrons. The van der Waals surface area contributed by atoms with Crippen LogP contribution < -0.4 is 5.73 Å². The van der Waals surface area contributed by atoms with Crippen molar-refractivity contribution in [2.75, 3.05) is 31.1 Å². The third-order valence-corrected chi connectivity index (χ3v) is 9.79. The molecule has 1 saturated heterocycles. The second-order valence-corrected chi connectivity index (χ2v) is 11.9. The van der Waals surface area contributed by atoms with Crippen LogP contribution in [0.25, 0.3) is 0 Å². The highest BCUT2D eigenvalue weighted by Gasteiger charge is 2.34. The molecule has 4 atom stereocenters. The Labute approximate surface area is 189 Å². The van der Waals surface area contributed by atoms with Gasteiger partial charge in [-0.25, -0.2) is 0 Å². The van der Waals surface area contributed by atoms with E-state index in [1.165, 1.54) is 30.6 Å². The molecule has 2 N–H and O–H groups in total. The zero-order valence-electron chi connectivity index (χ0n) is 18.2. The number of hydrogen-bond donors (Lipinski definition) is 1. The van der Waals surface area contributed by atoms with Crippen molar-refractivity contribution in [1.82, 2.24) is 4.90 Å². The van der Waals surface area contributed by atoms with Crippen LogP contribution in [0.2, 0.25) is 0 Å². The minimum absolute atomic E-state index is 0.0223. The molecule has 4 unspecified atom stereocenters. The lowest BCUT2D eigenvalue weighted by molar-refractivity contribution is -0.140. The summed E-state index contributed by atoms with van der Waals surface area (Å²) in [6.07, 6.45) is 11.0. The number of ketones is 2. The first-order valence-corrected chi connectivity index (χ1v) is 14.3. The Morgan fingerprint density at radius 2 is 1.60 bits per heavy atom. The average Bonchev–Trinajstić information content (AvgIpc) is 3.11. The van der Waals surface area contributed by atoms with E-state index >= 15 is 0 Å². The third kappa shape index (κ3) is 6.99. The van der Waals surface area contributed by atoms with Gasteiger partial charge in [0.15, 0.2) is 11.6 Å². The van der Waals surface area contributed by atoms with E-state index in [0.717, 1.165) is 50.0 Å². The van der Waals surface area contributed by atoms with E-state index < -0.39 is 0 Å². The highest BCUT2D eigenvalue weighted by molar-refractivity contribution is 8.76. The first kappa shape index (κ1) is 24.1. The number of rotatable bonds is 2. The molecule has 1 aliphatic heterocycles. The molecule has 7 heteroatoms. The lowest BCUT2D eigenvalue weighted by Crippen LogP contribution is -2.44. The quantitative estimate of drug-likeness (QED) is 0.633. The molecule has 2 saturated carbocycles. The van der Waals surface area contributed by atoms with Gasteiger partial charge in [0.25, 0.3) is 0 Å². The van der Waals surface area contributed by atoms with Gasteiger partial charge in [0.05, 0.1) is 13.1 Å². The highest BCUT2D eigenvalue weighted by Crippen LogP contribution is 2.38. The molecule has 0 spiro atoms. The molecular weight excluding hydrogens is 416 g/mol.